The van der Waals surface area contributed by atoms with Gasteiger partial charge in [-0.2, -0.15) is 0 Å². The van der Waals surface area contributed by atoms with Crippen molar-refractivity contribution < 1.29 is 59.1 Å². The number of aromatic carboxylic acids is 4. The predicted molar refractivity (Wildman–Crippen MR) is 228 cm³/mol. The molecule has 61 heavy (non-hydrogen) atoms. The van der Waals surface area contributed by atoms with Gasteiger partial charge in [-0.25, -0.2) is 29.1 Å². The zero-order valence-corrected chi connectivity index (χ0v) is 34.8. The normalized spacial score (nSPS) is 11.5. The minimum Gasteiger partial charge on any atom is -0.478 e. The molecule has 5 heterocycles. The third-order valence-corrected chi connectivity index (χ3v) is 10.4. The van der Waals surface area contributed by atoms with Crippen molar-refractivity contribution in [2.24, 2.45) is 0 Å². The first-order valence-corrected chi connectivity index (χ1v) is 18.5. The summed E-state index contributed by atoms with van der Waals surface area (Å²) in [5.74, 6) is -4.25. The van der Waals surface area contributed by atoms with Crippen LogP contribution in [0.25, 0.3) is 90.9 Å². The maximum atomic E-state index is 11.8. The van der Waals surface area contributed by atoms with Gasteiger partial charge in [0.2, 0.25) is 0 Å². The fraction of sp³-hybridized carbons (Fsp3) is 0. The number of hydrogen-bond donors (Lipinski definition) is 6. The Labute approximate surface area is 358 Å². The Kier molecular flexibility index (Phi) is 10.4. The second kappa shape index (κ2) is 16.0. The van der Waals surface area contributed by atoms with Gasteiger partial charge in [-0.3, -0.25) is 0 Å². The van der Waals surface area contributed by atoms with Crippen molar-refractivity contribution in [3.05, 3.63) is 166 Å². The van der Waals surface area contributed by atoms with E-state index < -0.39 is 23.9 Å². The van der Waals surface area contributed by atoms with Crippen LogP contribution in [0.3, 0.4) is 0 Å². The standard InChI is InChI=1S/C48H30N4O8.Zn/c53-45(54)29-9-1-25(2-10-29)41-33-17-19-35(49-33)42(26-3-11-30(12-4-26)46(55)56)37-21-23-39(51-37)44(28-7-15-32(16-8-28)48(59)60)40-24-22-38(52-40)43(36-20-18-34(41)50-36)27-5-13-31(14-6-27)47(57)58;/h1-24,49-50H,(H,53,54)(H,55,56)(H,57,58)(H,59,60);/q;+2. The second-order valence-corrected chi connectivity index (χ2v) is 14.0. The summed E-state index contributed by atoms with van der Waals surface area (Å²) in [6.45, 7) is 0. The molecule has 6 N–H and O–H groups in total. The molecular formula is C48H30N4O8Zn+2. The van der Waals surface area contributed by atoms with E-state index in [1.807, 2.05) is 48.6 Å². The summed E-state index contributed by atoms with van der Waals surface area (Å²) in [5.41, 5.74) is 10.7. The molecule has 0 atom stereocenters. The summed E-state index contributed by atoms with van der Waals surface area (Å²) in [4.78, 5) is 64.8. The molecule has 0 radical (unpaired) electrons. The van der Waals surface area contributed by atoms with E-state index in [1.54, 1.807) is 48.5 Å². The minimum atomic E-state index is -1.07. The van der Waals surface area contributed by atoms with Crippen LogP contribution in [0.5, 0.6) is 0 Å². The summed E-state index contributed by atoms with van der Waals surface area (Å²) in [7, 11) is 0. The molecule has 290 valence electrons. The molecule has 0 saturated heterocycles. The summed E-state index contributed by atoms with van der Waals surface area (Å²) >= 11 is 0. The van der Waals surface area contributed by atoms with Gasteiger partial charge in [-0.05, 0) is 119 Å². The number of rotatable bonds is 8. The van der Waals surface area contributed by atoms with Crippen molar-refractivity contribution in [2.75, 3.05) is 0 Å². The topological polar surface area (TPSA) is 207 Å². The molecule has 13 heteroatoms. The molecule has 12 nitrogen and oxygen atoms in total. The van der Waals surface area contributed by atoms with Crippen LogP contribution in [-0.4, -0.2) is 64.2 Å². The van der Waals surface area contributed by atoms with Crippen LogP contribution in [0, 0.1) is 0 Å². The maximum absolute atomic E-state index is 11.8. The van der Waals surface area contributed by atoms with Crippen molar-refractivity contribution in [1.82, 2.24) is 19.9 Å². The first-order chi connectivity index (χ1) is 29.0. The molecule has 0 aliphatic carbocycles. The Morgan fingerprint density at radius 3 is 0.836 bits per heavy atom. The molecule has 0 amide bonds. The first-order valence-electron chi connectivity index (χ1n) is 18.5. The Bertz CT molecular complexity index is 3030. The van der Waals surface area contributed by atoms with Crippen molar-refractivity contribution in [2.45, 2.75) is 0 Å². The molecule has 8 bridgehead atoms. The maximum Gasteiger partial charge on any atom is 2.00 e. The first kappa shape index (κ1) is 39.8. The van der Waals surface area contributed by atoms with Crippen LogP contribution in [0.15, 0.2) is 121 Å². The average Bonchev–Trinajstić information content (AvgIpc) is 4.10. The number of hydrogen-bond acceptors (Lipinski definition) is 6. The predicted octanol–water partition coefficient (Wildman–Crippen LogP) is 10.1. The SMILES string of the molecule is O=C(O)c1ccc(-c2c3nc(c(-c4ccc(C(=O)O)cc4)c4ccc([nH]4)c(-c4ccc(C(=O)O)cc4)c4ccc([nH]4)c(-c4ccc(C(=O)O)cc4)c4nc2C=C4)C=C3)cc1.[Zn+2]. The van der Waals surface area contributed by atoms with Crippen LogP contribution >= 0.6 is 0 Å². The van der Waals surface area contributed by atoms with E-state index in [9.17, 15) is 39.6 Å². The quantitative estimate of drug-likeness (QED) is 0.0797. The van der Waals surface area contributed by atoms with E-state index >= 15 is 0 Å². The van der Waals surface area contributed by atoms with Gasteiger partial charge in [0.1, 0.15) is 0 Å². The number of nitrogens with zero attached hydrogens (tertiary/aromatic N) is 2. The molecule has 9 rings (SSSR count). The van der Waals surface area contributed by atoms with Crippen LogP contribution in [0.1, 0.15) is 64.2 Å². The van der Waals surface area contributed by atoms with Gasteiger partial charge < -0.3 is 30.4 Å². The van der Waals surface area contributed by atoms with Crippen LogP contribution in [0.2, 0.25) is 0 Å². The molecule has 2 aliphatic rings. The number of carboxylic acid groups (broad SMARTS) is 4. The van der Waals surface area contributed by atoms with E-state index in [4.69, 9.17) is 9.97 Å². The fourth-order valence-electron chi connectivity index (χ4n) is 7.54. The van der Waals surface area contributed by atoms with E-state index in [0.717, 1.165) is 0 Å². The Morgan fingerprint density at radius 2 is 0.557 bits per heavy atom. The monoisotopic (exact) mass is 854 g/mol. The molecule has 7 aromatic rings. The van der Waals surface area contributed by atoms with Gasteiger partial charge in [-0.1, -0.05) is 48.5 Å². The fourth-order valence-corrected chi connectivity index (χ4v) is 7.54. The second-order valence-electron chi connectivity index (χ2n) is 14.0. The van der Waals surface area contributed by atoms with Crippen molar-refractivity contribution in [1.29, 1.82) is 0 Å². The van der Waals surface area contributed by atoms with Gasteiger partial charge in [0, 0.05) is 44.3 Å². The number of benzene rings is 4. The number of H-pyrrole nitrogens is 2. The molecule has 2 aliphatic heterocycles. The van der Waals surface area contributed by atoms with Crippen LogP contribution in [0.4, 0.5) is 0 Å². The van der Waals surface area contributed by atoms with E-state index in [2.05, 4.69) is 9.97 Å². The molecular weight excluding hydrogens is 826 g/mol. The summed E-state index contributed by atoms with van der Waals surface area (Å²) in [6.07, 6.45) is 7.42. The zero-order chi connectivity index (χ0) is 41.7. The molecule has 0 fully saturated rings. The van der Waals surface area contributed by atoms with Crippen LogP contribution in [-0.2, 0) is 19.5 Å². The third kappa shape index (κ3) is 7.46. The smallest absolute Gasteiger partial charge is 0.478 e. The molecule has 0 spiro atoms. The van der Waals surface area contributed by atoms with Crippen molar-refractivity contribution >= 4 is 70.2 Å². The number of aromatic amines is 2. The molecule has 3 aromatic heterocycles. The molecule has 0 unspecified atom stereocenters. The van der Waals surface area contributed by atoms with Gasteiger partial charge in [-0.15, -0.1) is 0 Å². The van der Waals surface area contributed by atoms with Gasteiger partial charge >= 0.3 is 43.4 Å². The third-order valence-electron chi connectivity index (χ3n) is 10.4. The van der Waals surface area contributed by atoms with E-state index in [-0.39, 0.29) is 41.7 Å². The van der Waals surface area contributed by atoms with Crippen molar-refractivity contribution in [3.8, 4) is 44.5 Å². The van der Waals surface area contributed by atoms with Gasteiger partial charge in [0.25, 0.3) is 0 Å². The number of carbonyl (C=O) groups is 4. The number of fused-ring (bicyclic) bond motifs is 8. The Hall–Kier alpha value is -8.02. The Balaban J connectivity index is 0.00000514. The zero-order valence-electron chi connectivity index (χ0n) is 31.9. The van der Waals surface area contributed by atoms with Crippen molar-refractivity contribution in [3.63, 3.8) is 0 Å². The molecule has 4 aromatic carbocycles. The summed E-state index contributed by atoms with van der Waals surface area (Å²) in [5, 5.41) is 38.7. The van der Waals surface area contributed by atoms with Gasteiger partial charge in [0.15, 0.2) is 0 Å². The van der Waals surface area contributed by atoms with E-state index in [1.165, 1.54) is 48.5 Å². The molecule has 0 saturated carbocycles. The van der Waals surface area contributed by atoms with E-state index in [0.29, 0.717) is 89.4 Å². The van der Waals surface area contributed by atoms with Crippen LogP contribution < -0.4 is 0 Å². The number of nitrogens with one attached hydrogen (secondary N) is 2. The summed E-state index contributed by atoms with van der Waals surface area (Å²) < 4.78 is 0. The largest absolute Gasteiger partial charge is 2.00 e. The van der Waals surface area contributed by atoms with Gasteiger partial charge in [0.05, 0.1) is 45.0 Å². The summed E-state index contributed by atoms with van der Waals surface area (Å²) in [6, 6.07) is 33.6. The number of aromatic nitrogens is 4. The minimum absolute atomic E-state index is 0. The average molecular weight is 856 g/mol. The Morgan fingerprint density at radius 1 is 0.328 bits per heavy atom. The number of carboxylic acids is 4.